The summed E-state index contributed by atoms with van der Waals surface area (Å²) in [4.78, 5) is 17.3. The van der Waals surface area contributed by atoms with Crippen LogP contribution < -0.4 is 5.56 Å². The summed E-state index contributed by atoms with van der Waals surface area (Å²) in [5.74, 6) is -0.353. The van der Waals surface area contributed by atoms with E-state index >= 15 is 0 Å². The third kappa shape index (κ3) is 3.17. The molecule has 0 aliphatic heterocycles. The first-order valence-electron chi connectivity index (χ1n) is 8.63. The predicted molar refractivity (Wildman–Crippen MR) is 107 cm³/mol. The average Bonchev–Trinajstić information content (AvgIpc) is 3.02. The number of nitrogens with zero attached hydrogens (tertiary/aromatic N) is 3. The van der Waals surface area contributed by atoms with E-state index in [2.05, 4.69) is 16.1 Å². The summed E-state index contributed by atoms with van der Waals surface area (Å²) < 4.78 is 16.2. The van der Waals surface area contributed by atoms with Gasteiger partial charge in [0.15, 0.2) is 5.52 Å². The molecule has 0 aliphatic rings. The van der Waals surface area contributed by atoms with Crippen LogP contribution in [0.2, 0.25) is 0 Å². The summed E-state index contributed by atoms with van der Waals surface area (Å²) in [7, 11) is 0. The molecule has 27 heavy (non-hydrogen) atoms. The third-order valence-electron chi connectivity index (χ3n) is 4.52. The van der Waals surface area contributed by atoms with Crippen LogP contribution in [0.5, 0.6) is 0 Å². The Labute approximate surface area is 159 Å². The maximum atomic E-state index is 14.1. The van der Waals surface area contributed by atoms with Crippen molar-refractivity contribution in [3.05, 3.63) is 80.3 Å². The molecule has 2 aromatic heterocycles. The summed E-state index contributed by atoms with van der Waals surface area (Å²) >= 11 is 1.46. The van der Waals surface area contributed by atoms with E-state index < -0.39 is 0 Å². The Balaban J connectivity index is 1.97. The SMILES string of the molecule is Cc1ccc(-c2nn(Cc3ccccc3F)c(=O)c3nc(C)sc23)c(C)c1. The molecule has 0 saturated heterocycles. The van der Waals surface area contributed by atoms with Crippen molar-refractivity contribution in [2.75, 3.05) is 0 Å². The van der Waals surface area contributed by atoms with E-state index in [-0.39, 0.29) is 17.9 Å². The highest BCUT2D eigenvalue weighted by molar-refractivity contribution is 7.19. The van der Waals surface area contributed by atoms with Crippen molar-refractivity contribution >= 4 is 21.6 Å². The molecule has 4 aromatic rings. The zero-order chi connectivity index (χ0) is 19.1. The Bertz CT molecular complexity index is 1230. The maximum absolute atomic E-state index is 14.1. The van der Waals surface area contributed by atoms with Gasteiger partial charge in [0.1, 0.15) is 11.5 Å². The molecule has 0 bridgehead atoms. The van der Waals surface area contributed by atoms with Gasteiger partial charge >= 0.3 is 0 Å². The number of aryl methyl sites for hydroxylation is 3. The number of halogens is 1. The summed E-state index contributed by atoms with van der Waals surface area (Å²) in [5.41, 5.74) is 4.41. The van der Waals surface area contributed by atoms with E-state index in [0.29, 0.717) is 16.8 Å². The molecule has 0 amide bonds. The van der Waals surface area contributed by atoms with E-state index in [1.165, 1.54) is 22.1 Å². The average molecular weight is 379 g/mol. The molecule has 0 aliphatic carbocycles. The van der Waals surface area contributed by atoms with Crippen LogP contribution in [-0.2, 0) is 6.54 Å². The minimum absolute atomic E-state index is 0.0654. The highest BCUT2D eigenvalue weighted by Crippen LogP contribution is 2.31. The van der Waals surface area contributed by atoms with Crippen LogP contribution in [0.4, 0.5) is 4.39 Å². The normalized spacial score (nSPS) is 11.3. The van der Waals surface area contributed by atoms with Crippen molar-refractivity contribution in [1.82, 2.24) is 14.8 Å². The van der Waals surface area contributed by atoms with Crippen LogP contribution >= 0.6 is 11.3 Å². The molecular weight excluding hydrogens is 361 g/mol. The quantitative estimate of drug-likeness (QED) is 0.521. The Kier molecular flexibility index (Phi) is 4.36. The van der Waals surface area contributed by atoms with Gasteiger partial charge < -0.3 is 0 Å². The molecule has 2 heterocycles. The molecular formula is C21H18FN3OS. The summed E-state index contributed by atoms with van der Waals surface area (Å²) in [5, 5.41) is 5.42. The number of thiazole rings is 1. The highest BCUT2D eigenvalue weighted by atomic mass is 32.1. The van der Waals surface area contributed by atoms with E-state index in [1.54, 1.807) is 18.2 Å². The van der Waals surface area contributed by atoms with Gasteiger partial charge in [0.05, 0.1) is 16.3 Å². The second kappa shape index (κ2) is 6.70. The van der Waals surface area contributed by atoms with Crippen LogP contribution in [0.3, 0.4) is 0 Å². The minimum Gasteiger partial charge on any atom is -0.265 e. The lowest BCUT2D eigenvalue weighted by atomic mass is 10.0. The molecule has 4 nitrogen and oxygen atoms in total. The van der Waals surface area contributed by atoms with Gasteiger partial charge in [-0.05, 0) is 32.4 Å². The van der Waals surface area contributed by atoms with Gasteiger partial charge in [0.25, 0.3) is 5.56 Å². The number of hydrogen-bond donors (Lipinski definition) is 0. The van der Waals surface area contributed by atoms with Crippen molar-refractivity contribution in [2.45, 2.75) is 27.3 Å². The van der Waals surface area contributed by atoms with Crippen molar-refractivity contribution in [2.24, 2.45) is 0 Å². The predicted octanol–water partition coefficient (Wildman–Crippen LogP) is 4.63. The lowest BCUT2D eigenvalue weighted by Gasteiger charge is -2.11. The Morgan fingerprint density at radius 1 is 1.11 bits per heavy atom. The summed E-state index contributed by atoms with van der Waals surface area (Å²) in [6.45, 7) is 6.00. The van der Waals surface area contributed by atoms with Crippen LogP contribution in [0.1, 0.15) is 21.7 Å². The smallest absolute Gasteiger partial charge is 0.265 e. The van der Waals surface area contributed by atoms with Crippen LogP contribution in [0.15, 0.2) is 47.3 Å². The highest BCUT2D eigenvalue weighted by Gasteiger charge is 2.18. The molecule has 4 rings (SSSR count). The second-order valence-corrected chi connectivity index (χ2v) is 7.84. The van der Waals surface area contributed by atoms with Gasteiger partial charge in [0.2, 0.25) is 0 Å². The lowest BCUT2D eigenvalue weighted by molar-refractivity contribution is 0.575. The first-order chi connectivity index (χ1) is 12.9. The number of rotatable bonds is 3. The molecule has 0 atom stereocenters. The van der Waals surface area contributed by atoms with Gasteiger partial charge in [-0.25, -0.2) is 14.1 Å². The van der Waals surface area contributed by atoms with Crippen molar-refractivity contribution in [1.29, 1.82) is 0 Å². The molecule has 6 heteroatoms. The topological polar surface area (TPSA) is 47.8 Å². The standard InChI is InChI=1S/C21H18FN3OS/c1-12-8-9-16(13(2)10-12)18-20-19(23-14(3)27-20)21(26)25(24-18)11-15-6-4-5-7-17(15)22/h4-10H,11H2,1-3H3. The van der Waals surface area contributed by atoms with Gasteiger partial charge in [-0.1, -0.05) is 42.0 Å². The van der Waals surface area contributed by atoms with E-state index in [4.69, 9.17) is 0 Å². The number of aromatic nitrogens is 3. The summed E-state index contributed by atoms with van der Waals surface area (Å²) in [6, 6.07) is 12.6. The van der Waals surface area contributed by atoms with E-state index in [1.807, 2.05) is 32.9 Å². The van der Waals surface area contributed by atoms with Crippen LogP contribution in [0, 0.1) is 26.6 Å². The van der Waals surface area contributed by atoms with Gasteiger partial charge in [-0.15, -0.1) is 11.3 Å². The first-order valence-corrected chi connectivity index (χ1v) is 9.45. The van der Waals surface area contributed by atoms with Crippen LogP contribution in [0.25, 0.3) is 21.5 Å². The Morgan fingerprint density at radius 2 is 1.89 bits per heavy atom. The monoisotopic (exact) mass is 379 g/mol. The van der Waals surface area contributed by atoms with Gasteiger partial charge in [-0.3, -0.25) is 4.79 Å². The molecule has 0 N–H and O–H groups in total. The molecule has 136 valence electrons. The van der Waals surface area contributed by atoms with Crippen LogP contribution in [-0.4, -0.2) is 14.8 Å². The molecule has 0 fully saturated rings. The van der Waals surface area contributed by atoms with Crippen molar-refractivity contribution in [3.8, 4) is 11.3 Å². The molecule has 0 unspecified atom stereocenters. The number of fused-ring (bicyclic) bond motifs is 1. The first kappa shape index (κ1) is 17.5. The molecule has 2 aromatic carbocycles. The Hall–Kier alpha value is -2.86. The zero-order valence-corrected chi connectivity index (χ0v) is 16.1. The van der Waals surface area contributed by atoms with Crippen molar-refractivity contribution in [3.63, 3.8) is 0 Å². The fourth-order valence-corrected chi connectivity index (χ4v) is 4.13. The van der Waals surface area contributed by atoms with Crippen molar-refractivity contribution < 1.29 is 4.39 Å². The summed E-state index contributed by atoms with van der Waals surface area (Å²) in [6.07, 6.45) is 0. The molecule has 0 spiro atoms. The largest absolute Gasteiger partial charge is 0.294 e. The number of hydrogen-bond acceptors (Lipinski definition) is 4. The third-order valence-corrected chi connectivity index (χ3v) is 5.50. The van der Waals surface area contributed by atoms with E-state index in [9.17, 15) is 9.18 Å². The molecule has 0 radical (unpaired) electrons. The minimum atomic E-state index is -0.353. The maximum Gasteiger partial charge on any atom is 0.294 e. The fraction of sp³-hybridized carbons (Fsp3) is 0.190. The molecule has 0 saturated carbocycles. The second-order valence-electron chi connectivity index (χ2n) is 6.63. The zero-order valence-electron chi connectivity index (χ0n) is 15.3. The Morgan fingerprint density at radius 3 is 2.63 bits per heavy atom. The lowest BCUT2D eigenvalue weighted by Crippen LogP contribution is -2.25. The fourth-order valence-electron chi connectivity index (χ4n) is 3.22. The van der Waals surface area contributed by atoms with Gasteiger partial charge in [-0.2, -0.15) is 5.10 Å². The van der Waals surface area contributed by atoms with E-state index in [0.717, 1.165) is 26.4 Å². The number of benzene rings is 2. The van der Waals surface area contributed by atoms with Gasteiger partial charge in [0, 0.05) is 11.1 Å².